The van der Waals surface area contributed by atoms with Gasteiger partial charge in [-0.25, -0.2) is 0 Å². The van der Waals surface area contributed by atoms with Crippen LogP contribution in [0.1, 0.15) is 0 Å². The maximum absolute atomic E-state index is 4.56. The van der Waals surface area contributed by atoms with Crippen LogP contribution in [-0.2, 0) is 0 Å². The van der Waals surface area contributed by atoms with Crippen molar-refractivity contribution in [1.82, 2.24) is 4.98 Å². The first-order valence-corrected chi connectivity index (χ1v) is 7.41. The summed E-state index contributed by atoms with van der Waals surface area (Å²) >= 11 is 0. The Balaban J connectivity index is 1.89. The fourth-order valence-electron chi connectivity index (χ4n) is 2.83. The minimum atomic E-state index is 1.05. The molecule has 0 atom stereocenters. The molecule has 0 saturated heterocycles. The van der Waals surface area contributed by atoms with Crippen LogP contribution in [-0.4, -0.2) is 4.98 Å². The highest BCUT2D eigenvalue weighted by Crippen LogP contribution is 2.30. The number of fused-ring (bicyclic) bond motifs is 1. The first-order chi connectivity index (χ1) is 10.9. The topological polar surface area (TPSA) is 12.9 Å². The van der Waals surface area contributed by atoms with Crippen LogP contribution >= 0.6 is 0 Å². The molecule has 4 aromatic rings. The van der Waals surface area contributed by atoms with E-state index in [1.54, 1.807) is 0 Å². The van der Waals surface area contributed by atoms with Gasteiger partial charge in [0.2, 0.25) is 0 Å². The predicted octanol–water partition coefficient (Wildman–Crippen LogP) is 5.57. The molecule has 0 aliphatic rings. The van der Waals surface area contributed by atoms with Gasteiger partial charge in [0.05, 0.1) is 5.52 Å². The van der Waals surface area contributed by atoms with Gasteiger partial charge in [-0.15, -0.1) is 0 Å². The summed E-state index contributed by atoms with van der Waals surface area (Å²) in [5.41, 5.74) is 5.89. The zero-order chi connectivity index (χ0) is 14.8. The summed E-state index contributed by atoms with van der Waals surface area (Å²) in [5, 5.41) is 1.17. The molecule has 1 nitrogen and oxygen atoms in total. The molecule has 0 aliphatic carbocycles. The van der Waals surface area contributed by atoms with E-state index in [0.29, 0.717) is 0 Å². The smallest absolute Gasteiger partial charge is 0.0780 e. The summed E-state index contributed by atoms with van der Waals surface area (Å²) in [5.74, 6) is 0. The third kappa shape index (κ3) is 2.27. The zero-order valence-corrected chi connectivity index (χ0v) is 12.1. The monoisotopic (exact) mass is 281 g/mol. The second kappa shape index (κ2) is 5.45. The lowest BCUT2D eigenvalue weighted by atomic mass is 9.97. The number of aromatic nitrogens is 1. The van der Waals surface area contributed by atoms with Gasteiger partial charge in [-0.3, -0.25) is 4.98 Å². The lowest BCUT2D eigenvalue weighted by Gasteiger charge is -2.08. The van der Waals surface area contributed by atoms with Crippen molar-refractivity contribution in [3.63, 3.8) is 0 Å². The third-order valence-corrected chi connectivity index (χ3v) is 3.91. The fraction of sp³-hybridized carbons (Fsp3) is 0. The van der Waals surface area contributed by atoms with Crippen LogP contribution < -0.4 is 0 Å². The molecule has 22 heavy (non-hydrogen) atoms. The standard InChI is InChI=1S/C21H15N/c1-2-7-16(8-3-1)18-10-4-11-19(15-18)20-13-5-9-17-12-6-14-22-21(17)20/h1-15H. The second-order valence-corrected chi connectivity index (χ2v) is 5.33. The first-order valence-electron chi connectivity index (χ1n) is 7.41. The Hall–Kier alpha value is -2.93. The van der Waals surface area contributed by atoms with Crippen molar-refractivity contribution < 1.29 is 0 Å². The average molecular weight is 281 g/mol. The first kappa shape index (κ1) is 12.8. The van der Waals surface area contributed by atoms with Gasteiger partial charge in [0, 0.05) is 17.1 Å². The molecule has 0 N–H and O–H groups in total. The fourth-order valence-corrected chi connectivity index (χ4v) is 2.83. The number of hydrogen-bond donors (Lipinski definition) is 0. The van der Waals surface area contributed by atoms with E-state index in [-0.39, 0.29) is 0 Å². The molecule has 3 aromatic carbocycles. The molecule has 4 rings (SSSR count). The van der Waals surface area contributed by atoms with E-state index in [9.17, 15) is 0 Å². The lowest BCUT2D eigenvalue weighted by Crippen LogP contribution is -1.85. The van der Waals surface area contributed by atoms with Crippen molar-refractivity contribution in [2.75, 3.05) is 0 Å². The van der Waals surface area contributed by atoms with Crippen molar-refractivity contribution in [3.05, 3.63) is 91.1 Å². The highest BCUT2D eigenvalue weighted by molar-refractivity contribution is 5.94. The van der Waals surface area contributed by atoms with E-state index in [1.165, 1.54) is 27.6 Å². The normalized spacial score (nSPS) is 10.7. The molecule has 0 saturated carbocycles. The van der Waals surface area contributed by atoms with Crippen LogP contribution in [0.15, 0.2) is 91.1 Å². The molecule has 0 bridgehead atoms. The Kier molecular flexibility index (Phi) is 3.17. The molecule has 0 fully saturated rings. The van der Waals surface area contributed by atoms with Crippen molar-refractivity contribution in [3.8, 4) is 22.3 Å². The van der Waals surface area contributed by atoms with E-state index in [0.717, 1.165) is 5.52 Å². The second-order valence-electron chi connectivity index (χ2n) is 5.33. The van der Waals surface area contributed by atoms with Gasteiger partial charge in [-0.1, -0.05) is 72.8 Å². The maximum atomic E-state index is 4.56. The summed E-state index contributed by atoms with van der Waals surface area (Å²) in [4.78, 5) is 4.56. The zero-order valence-electron chi connectivity index (χ0n) is 12.1. The number of nitrogens with zero attached hydrogens (tertiary/aromatic N) is 1. The van der Waals surface area contributed by atoms with Crippen molar-refractivity contribution in [1.29, 1.82) is 0 Å². The van der Waals surface area contributed by atoms with Crippen LogP contribution in [0.25, 0.3) is 33.2 Å². The molecule has 0 aliphatic heterocycles. The molecule has 0 amide bonds. The number of hydrogen-bond acceptors (Lipinski definition) is 1. The lowest BCUT2D eigenvalue weighted by molar-refractivity contribution is 1.41. The van der Waals surface area contributed by atoms with Gasteiger partial charge >= 0.3 is 0 Å². The van der Waals surface area contributed by atoms with E-state index in [4.69, 9.17) is 0 Å². The van der Waals surface area contributed by atoms with E-state index in [1.807, 2.05) is 18.3 Å². The van der Waals surface area contributed by atoms with Gasteiger partial charge in [0.1, 0.15) is 0 Å². The van der Waals surface area contributed by atoms with E-state index in [2.05, 4.69) is 77.8 Å². The van der Waals surface area contributed by atoms with E-state index >= 15 is 0 Å². The van der Waals surface area contributed by atoms with Crippen LogP contribution in [0.2, 0.25) is 0 Å². The quantitative estimate of drug-likeness (QED) is 0.468. The Labute approximate surface area is 129 Å². The van der Waals surface area contributed by atoms with Crippen LogP contribution in [0, 0.1) is 0 Å². The van der Waals surface area contributed by atoms with Crippen molar-refractivity contribution >= 4 is 10.9 Å². The van der Waals surface area contributed by atoms with Gasteiger partial charge < -0.3 is 0 Å². The minimum Gasteiger partial charge on any atom is -0.256 e. The third-order valence-electron chi connectivity index (χ3n) is 3.91. The summed E-state index contributed by atoms with van der Waals surface area (Å²) in [6, 6.07) is 29.5. The SMILES string of the molecule is c1ccc(-c2cccc(-c3cccc4cccnc34)c2)cc1. The largest absolute Gasteiger partial charge is 0.256 e. The maximum Gasteiger partial charge on any atom is 0.0780 e. The highest BCUT2D eigenvalue weighted by atomic mass is 14.6. The van der Waals surface area contributed by atoms with Gasteiger partial charge in [0.15, 0.2) is 0 Å². The summed E-state index contributed by atoms with van der Waals surface area (Å²) in [6.07, 6.45) is 1.85. The molecular formula is C21H15N. The van der Waals surface area contributed by atoms with E-state index < -0.39 is 0 Å². The summed E-state index contributed by atoms with van der Waals surface area (Å²) in [7, 11) is 0. The molecule has 1 aromatic heterocycles. The highest BCUT2D eigenvalue weighted by Gasteiger charge is 2.06. The van der Waals surface area contributed by atoms with Crippen molar-refractivity contribution in [2.24, 2.45) is 0 Å². The van der Waals surface area contributed by atoms with Crippen LogP contribution in [0.5, 0.6) is 0 Å². The Morgan fingerprint density at radius 2 is 1.27 bits per heavy atom. The Morgan fingerprint density at radius 3 is 2.18 bits per heavy atom. The average Bonchev–Trinajstić information content (AvgIpc) is 2.62. The van der Waals surface area contributed by atoms with Gasteiger partial charge in [-0.05, 0) is 28.8 Å². The molecule has 104 valence electrons. The number of rotatable bonds is 2. The number of benzene rings is 3. The summed E-state index contributed by atoms with van der Waals surface area (Å²) < 4.78 is 0. The van der Waals surface area contributed by atoms with Gasteiger partial charge in [-0.2, -0.15) is 0 Å². The van der Waals surface area contributed by atoms with Crippen LogP contribution in [0.4, 0.5) is 0 Å². The molecule has 0 radical (unpaired) electrons. The molecular weight excluding hydrogens is 266 g/mol. The minimum absolute atomic E-state index is 1.05. The molecule has 0 unspecified atom stereocenters. The molecule has 1 heteroatoms. The molecule has 0 spiro atoms. The Morgan fingerprint density at radius 1 is 0.545 bits per heavy atom. The van der Waals surface area contributed by atoms with Crippen molar-refractivity contribution in [2.45, 2.75) is 0 Å². The van der Waals surface area contributed by atoms with Crippen LogP contribution in [0.3, 0.4) is 0 Å². The Bertz CT molecular complexity index is 921. The summed E-state index contributed by atoms with van der Waals surface area (Å²) in [6.45, 7) is 0. The number of para-hydroxylation sites is 1. The number of pyridine rings is 1. The molecule has 1 heterocycles. The van der Waals surface area contributed by atoms with Gasteiger partial charge in [0.25, 0.3) is 0 Å². The predicted molar refractivity (Wildman–Crippen MR) is 92.6 cm³/mol.